The molecule has 4 heteroatoms. The molecule has 0 saturated heterocycles. The van der Waals surface area contributed by atoms with Crippen LogP contribution in [0.4, 0.5) is 0 Å². The maximum atomic E-state index is 12.0. The van der Waals surface area contributed by atoms with E-state index in [9.17, 15) is 9.90 Å². The minimum absolute atomic E-state index is 0.0717. The molecule has 100 valence electrons. The molecule has 0 aliphatic rings. The molecule has 0 spiro atoms. The van der Waals surface area contributed by atoms with E-state index in [-0.39, 0.29) is 11.1 Å². The highest BCUT2D eigenvalue weighted by atomic mass is 16.5. The van der Waals surface area contributed by atoms with Crippen molar-refractivity contribution in [2.45, 2.75) is 0 Å². The Hall–Kier alpha value is -2.75. The molecule has 0 amide bonds. The Bertz CT molecular complexity index is 816. The highest BCUT2D eigenvalue weighted by Crippen LogP contribution is 2.27. The molecule has 0 bridgehead atoms. The van der Waals surface area contributed by atoms with Crippen LogP contribution in [0.2, 0.25) is 0 Å². The van der Waals surface area contributed by atoms with Crippen molar-refractivity contribution < 1.29 is 14.3 Å². The lowest BCUT2D eigenvalue weighted by Gasteiger charge is -2.05. The van der Waals surface area contributed by atoms with E-state index in [0.717, 1.165) is 11.3 Å². The summed E-state index contributed by atoms with van der Waals surface area (Å²) in [4.78, 5) is 12.0. The van der Waals surface area contributed by atoms with Crippen molar-refractivity contribution in [3.63, 3.8) is 0 Å². The molecule has 0 aliphatic carbocycles. The van der Waals surface area contributed by atoms with E-state index in [0.29, 0.717) is 11.1 Å². The molecular weight excluding hydrogens is 256 g/mol. The van der Waals surface area contributed by atoms with Gasteiger partial charge in [0.15, 0.2) is 0 Å². The standard InChI is InChI=1S/C16H12O4/c1-19-12-7-5-10(6-8-12)14-9-11-3-2-4-13(17)15(11)16(18)20-14/h2-9,17H,1H3. The molecule has 3 rings (SSSR count). The van der Waals surface area contributed by atoms with E-state index in [1.165, 1.54) is 6.07 Å². The van der Waals surface area contributed by atoms with Crippen molar-refractivity contribution in [3.05, 3.63) is 59.0 Å². The van der Waals surface area contributed by atoms with Crippen molar-refractivity contribution in [3.8, 4) is 22.8 Å². The van der Waals surface area contributed by atoms with Crippen molar-refractivity contribution in [2.24, 2.45) is 0 Å². The van der Waals surface area contributed by atoms with E-state index < -0.39 is 5.63 Å². The van der Waals surface area contributed by atoms with E-state index in [2.05, 4.69) is 0 Å². The number of methoxy groups -OCH3 is 1. The highest BCUT2D eigenvalue weighted by Gasteiger charge is 2.09. The largest absolute Gasteiger partial charge is 0.507 e. The summed E-state index contributed by atoms with van der Waals surface area (Å²) < 4.78 is 10.4. The summed E-state index contributed by atoms with van der Waals surface area (Å²) in [7, 11) is 1.59. The minimum Gasteiger partial charge on any atom is -0.507 e. The second-order valence-corrected chi connectivity index (χ2v) is 4.37. The van der Waals surface area contributed by atoms with Crippen LogP contribution in [-0.2, 0) is 0 Å². The highest BCUT2D eigenvalue weighted by molar-refractivity contribution is 5.88. The molecular formula is C16H12O4. The van der Waals surface area contributed by atoms with Gasteiger partial charge in [-0.3, -0.25) is 0 Å². The third-order valence-corrected chi connectivity index (χ3v) is 3.14. The summed E-state index contributed by atoms with van der Waals surface area (Å²) in [5.41, 5.74) is 0.222. The van der Waals surface area contributed by atoms with Gasteiger partial charge >= 0.3 is 5.63 Å². The Morgan fingerprint density at radius 3 is 2.55 bits per heavy atom. The summed E-state index contributed by atoms with van der Waals surface area (Å²) in [5, 5.41) is 10.5. The molecule has 0 aliphatic heterocycles. The number of rotatable bonds is 2. The Morgan fingerprint density at radius 2 is 1.85 bits per heavy atom. The number of hydrogen-bond acceptors (Lipinski definition) is 4. The molecule has 3 aromatic rings. The molecule has 1 aromatic heterocycles. The summed E-state index contributed by atoms with van der Waals surface area (Å²) in [5.74, 6) is 1.11. The van der Waals surface area contributed by atoms with Gasteiger partial charge in [0.25, 0.3) is 0 Å². The van der Waals surface area contributed by atoms with E-state index in [1.54, 1.807) is 37.4 Å². The maximum Gasteiger partial charge on any atom is 0.347 e. The van der Waals surface area contributed by atoms with Crippen LogP contribution in [0.5, 0.6) is 11.5 Å². The summed E-state index contributed by atoms with van der Waals surface area (Å²) in [6.07, 6.45) is 0. The topological polar surface area (TPSA) is 59.7 Å². The Labute approximate surface area is 114 Å². The number of aromatic hydroxyl groups is 1. The minimum atomic E-state index is -0.550. The zero-order valence-corrected chi connectivity index (χ0v) is 10.8. The summed E-state index contributed by atoms with van der Waals surface area (Å²) in [6.45, 7) is 0. The van der Waals surface area contributed by atoms with Gasteiger partial charge in [0.2, 0.25) is 0 Å². The first-order valence-corrected chi connectivity index (χ1v) is 6.09. The number of phenolic OH excluding ortho intramolecular Hbond substituents is 1. The number of ether oxygens (including phenoxy) is 1. The molecule has 20 heavy (non-hydrogen) atoms. The average Bonchev–Trinajstić information content (AvgIpc) is 2.47. The number of benzene rings is 2. The van der Waals surface area contributed by atoms with Crippen molar-refractivity contribution >= 4 is 10.8 Å². The van der Waals surface area contributed by atoms with Crippen molar-refractivity contribution in [1.29, 1.82) is 0 Å². The molecule has 2 aromatic carbocycles. The van der Waals surface area contributed by atoms with Gasteiger partial charge in [0, 0.05) is 5.56 Å². The van der Waals surface area contributed by atoms with Gasteiger partial charge in [-0.15, -0.1) is 0 Å². The Morgan fingerprint density at radius 1 is 1.10 bits per heavy atom. The predicted molar refractivity (Wildman–Crippen MR) is 76.1 cm³/mol. The van der Waals surface area contributed by atoms with E-state index >= 15 is 0 Å². The van der Waals surface area contributed by atoms with E-state index in [4.69, 9.17) is 9.15 Å². The second-order valence-electron chi connectivity index (χ2n) is 4.37. The fraction of sp³-hybridized carbons (Fsp3) is 0.0625. The lowest BCUT2D eigenvalue weighted by molar-refractivity contribution is 0.415. The average molecular weight is 268 g/mol. The number of hydrogen-bond donors (Lipinski definition) is 1. The number of phenols is 1. The van der Waals surface area contributed by atoms with Crippen molar-refractivity contribution in [1.82, 2.24) is 0 Å². The SMILES string of the molecule is COc1ccc(-c2cc3cccc(O)c3c(=O)o2)cc1. The van der Waals surface area contributed by atoms with Crippen LogP contribution in [0.25, 0.3) is 22.1 Å². The van der Waals surface area contributed by atoms with Gasteiger partial charge in [-0.05, 0) is 41.8 Å². The maximum absolute atomic E-state index is 12.0. The molecule has 1 heterocycles. The van der Waals surface area contributed by atoms with Crippen molar-refractivity contribution in [2.75, 3.05) is 7.11 Å². The van der Waals surface area contributed by atoms with Crippen LogP contribution >= 0.6 is 0 Å². The Kier molecular flexibility index (Phi) is 2.91. The van der Waals surface area contributed by atoms with Gasteiger partial charge < -0.3 is 14.3 Å². The first-order chi connectivity index (χ1) is 9.69. The molecule has 0 fully saturated rings. The lowest BCUT2D eigenvalue weighted by atomic mass is 10.1. The molecule has 1 N–H and O–H groups in total. The quantitative estimate of drug-likeness (QED) is 0.775. The zero-order chi connectivity index (χ0) is 14.1. The first kappa shape index (κ1) is 12.3. The third kappa shape index (κ3) is 2.01. The van der Waals surface area contributed by atoms with Gasteiger partial charge in [0.1, 0.15) is 22.6 Å². The third-order valence-electron chi connectivity index (χ3n) is 3.14. The fourth-order valence-corrected chi connectivity index (χ4v) is 2.12. The zero-order valence-electron chi connectivity index (χ0n) is 10.8. The van der Waals surface area contributed by atoms with Crippen LogP contribution in [0.15, 0.2) is 57.7 Å². The molecule has 0 atom stereocenters. The van der Waals surface area contributed by atoms with Gasteiger partial charge in [-0.1, -0.05) is 12.1 Å². The molecule has 0 saturated carbocycles. The summed E-state index contributed by atoms with van der Waals surface area (Å²) >= 11 is 0. The monoisotopic (exact) mass is 268 g/mol. The second kappa shape index (κ2) is 4.74. The van der Waals surface area contributed by atoms with Crippen LogP contribution in [0, 0.1) is 0 Å². The van der Waals surface area contributed by atoms with Gasteiger partial charge in [0.05, 0.1) is 7.11 Å². The molecule has 0 radical (unpaired) electrons. The summed E-state index contributed by atoms with van der Waals surface area (Å²) in [6, 6.07) is 13.9. The van der Waals surface area contributed by atoms with Gasteiger partial charge in [-0.25, -0.2) is 4.79 Å². The first-order valence-electron chi connectivity index (χ1n) is 6.09. The Balaban J connectivity index is 2.19. The van der Waals surface area contributed by atoms with Crippen LogP contribution in [0.3, 0.4) is 0 Å². The number of fused-ring (bicyclic) bond motifs is 1. The fourth-order valence-electron chi connectivity index (χ4n) is 2.12. The lowest BCUT2D eigenvalue weighted by Crippen LogP contribution is -2.00. The smallest absolute Gasteiger partial charge is 0.347 e. The van der Waals surface area contributed by atoms with Crippen LogP contribution in [0.1, 0.15) is 0 Å². The van der Waals surface area contributed by atoms with Gasteiger partial charge in [-0.2, -0.15) is 0 Å². The van der Waals surface area contributed by atoms with E-state index in [1.807, 2.05) is 12.1 Å². The normalized spacial score (nSPS) is 10.7. The molecule has 4 nitrogen and oxygen atoms in total. The predicted octanol–water partition coefficient (Wildman–Crippen LogP) is 3.17. The van der Waals surface area contributed by atoms with Crippen LogP contribution in [-0.4, -0.2) is 12.2 Å². The molecule has 0 unspecified atom stereocenters. The van der Waals surface area contributed by atoms with Crippen LogP contribution < -0.4 is 10.4 Å².